The number of hydrogen-bond acceptors (Lipinski definition) is 3. The molecule has 1 saturated heterocycles. The molecule has 2 aliphatic rings. The van der Waals surface area contributed by atoms with Gasteiger partial charge in [0.2, 0.25) is 0 Å². The first-order valence-electron chi connectivity index (χ1n) is 5.18. The zero-order valence-corrected chi connectivity index (χ0v) is 8.08. The fourth-order valence-electron chi connectivity index (χ4n) is 2.62. The second-order valence-corrected chi connectivity index (χ2v) is 4.15. The van der Waals surface area contributed by atoms with Crippen LogP contribution >= 0.6 is 0 Å². The number of esters is 1. The Kier molecular flexibility index (Phi) is 2.54. The third-order valence-electron chi connectivity index (χ3n) is 3.23. The van der Waals surface area contributed by atoms with Crippen LogP contribution in [-0.2, 0) is 9.53 Å². The molecule has 0 aromatic rings. The Balaban J connectivity index is 1.94. The predicted molar refractivity (Wildman–Crippen MR) is 49.0 cm³/mol. The molecule has 3 nitrogen and oxygen atoms in total. The number of hydrogen-bond donors (Lipinski definition) is 1. The Morgan fingerprint density at radius 3 is 2.92 bits per heavy atom. The van der Waals surface area contributed by atoms with Crippen molar-refractivity contribution in [1.29, 1.82) is 0 Å². The summed E-state index contributed by atoms with van der Waals surface area (Å²) in [7, 11) is 0. The van der Waals surface area contributed by atoms with Gasteiger partial charge >= 0.3 is 5.97 Å². The Hall–Kier alpha value is -0.570. The van der Waals surface area contributed by atoms with Gasteiger partial charge in [-0.15, -0.1) is 0 Å². The molecule has 1 N–H and O–H groups in total. The van der Waals surface area contributed by atoms with Crippen molar-refractivity contribution < 1.29 is 9.53 Å². The van der Waals surface area contributed by atoms with Crippen LogP contribution in [-0.4, -0.2) is 18.7 Å². The highest BCUT2D eigenvalue weighted by molar-refractivity contribution is 5.66. The topological polar surface area (TPSA) is 38.3 Å². The first kappa shape index (κ1) is 9.00. The van der Waals surface area contributed by atoms with E-state index in [1.165, 1.54) is 32.6 Å². The average Bonchev–Trinajstić information content (AvgIpc) is 2.48. The molecule has 3 unspecified atom stereocenters. The monoisotopic (exact) mass is 183 g/mol. The van der Waals surface area contributed by atoms with Gasteiger partial charge in [0.25, 0.3) is 0 Å². The molecule has 1 saturated carbocycles. The maximum Gasteiger partial charge on any atom is 0.304 e. The molecule has 0 aromatic heterocycles. The molecule has 74 valence electrons. The van der Waals surface area contributed by atoms with Crippen LogP contribution in [0.2, 0.25) is 0 Å². The van der Waals surface area contributed by atoms with Crippen LogP contribution in [0, 0.1) is 11.8 Å². The standard InChI is InChI=1S/C10H17NO2/c1-7(12)13-10-9-5-3-2-4-8(9)6-11-10/h8-11H,2-6H2,1H3. The van der Waals surface area contributed by atoms with Crippen molar-refractivity contribution in [3.05, 3.63) is 0 Å². The lowest BCUT2D eigenvalue weighted by Crippen LogP contribution is -2.32. The Morgan fingerprint density at radius 1 is 1.38 bits per heavy atom. The molecule has 13 heavy (non-hydrogen) atoms. The minimum Gasteiger partial charge on any atom is -0.446 e. The summed E-state index contributed by atoms with van der Waals surface area (Å²) in [6.45, 7) is 2.51. The summed E-state index contributed by atoms with van der Waals surface area (Å²) in [4.78, 5) is 10.8. The van der Waals surface area contributed by atoms with Gasteiger partial charge in [0.05, 0.1) is 0 Å². The molecular formula is C10H17NO2. The van der Waals surface area contributed by atoms with Crippen molar-refractivity contribution >= 4 is 5.97 Å². The molecule has 3 heteroatoms. The summed E-state index contributed by atoms with van der Waals surface area (Å²) in [5.41, 5.74) is 0. The summed E-state index contributed by atoms with van der Waals surface area (Å²) in [6.07, 6.45) is 5.16. The van der Waals surface area contributed by atoms with E-state index in [9.17, 15) is 4.79 Å². The van der Waals surface area contributed by atoms with E-state index in [1.807, 2.05) is 0 Å². The SMILES string of the molecule is CC(=O)OC1NCC2CCCCC21. The zero-order chi connectivity index (χ0) is 9.26. The third-order valence-corrected chi connectivity index (χ3v) is 3.23. The molecular weight excluding hydrogens is 166 g/mol. The fourth-order valence-corrected chi connectivity index (χ4v) is 2.62. The van der Waals surface area contributed by atoms with Crippen molar-refractivity contribution in [2.45, 2.75) is 38.8 Å². The normalized spacial score (nSPS) is 38.4. The number of nitrogens with one attached hydrogen (secondary N) is 1. The lowest BCUT2D eigenvalue weighted by molar-refractivity contribution is -0.150. The van der Waals surface area contributed by atoms with E-state index in [2.05, 4.69) is 5.32 Å². The van der Waals surface area contributed by atoms with Crippen molar-refractivity contribution in [2.75, 3.05) is 6.54 Å². The molecule has 0 aromatic carbocycles. The molecule has 1 aliphatic carbocycles. The first-order chi connectivity index (χ1) is 6.27. The van der Waals surface area contributed by atoms with Gasteiger partial charge < -0.3 is 4.74 Å². The molecule has 0 amide bonds. The highest BCUT2D eigenvalue weighted by Crippen LogP contribution is 2.36. The lowest BCUT2D eigenvalue weighted by Gasteiger charge is -2.27. The van der Waals surface area contributed by atoms with Crippen molar-refractivity contribution in [2.24, 2.45) is 11.8 Å². The van der Waals surface area contributed by atoms with Crippen molar-refractivity contribution in [3.8, 4) is 0 Å². The van der Waals surface area contributed by atoms with E-state index in [0.717, 1.165) is 12.5 Å². The number of carbonyl (C=O) groups is 1. The van der Waals surface area contributed by atoms with Gasteiger partial charge in [-0.25, -0.2) is 0 Å². The summed E-state index contributed by atoms with van der Waals surface area (Å²) in [5, 5.41) is 3.29. The predicted octanol–water partition coefficient (Wildman–Crippen LogP) is 1.29. The van der Waals surface area contributed by atoms with E-state index >= 15 is 0 Å². The zero-order valence-electron chi connectivity index (χ0n) is 8.08. The minimum absolute atomic E-state index is 0.00259. The third kappa shape index (κ3) is 1.85. The Bertz CT molecular complexity index is 205. The maximum atomic E-state index is 10.8. The molecule has 0 spiro atoms. The Morgan fingerprint density at radius 2 is 2.15 bits per heavy atom. The van der Waals surface area contributed by atoms with Gasteiger partial charge in [0, 0.05) is 19.4 Å². The van der Waals surface area contributed by atoms with Gasteiger partial charge in [-0.1, -0.05) is 12.8 Å². The molecule has 1 aliphatic heterocycles. The summed E-state index contributed by atoms with van der Waals surface area (Å²) in [5.74, 6) is 1.17. The van der Waals surface area contributed by atoms with Crippen LogP contribution < -0.4 is 5.32 Å². The molecule has 1 heterocycles. The molecule has 3 atom stereocenters. The van der Waals surface area contributed by atoms with E-state index < -0.39 is 0 Å². The van der Waals surface area contributed by atoms with Crippen LogP contribution in [0.3, 0.4) is 0 Å². The van der Waals surface area contributed by atoms with Crippen LogP contribution in [0.15, 0.2) is 0 Å². The summed E-state index contributed by atoms with van der Waals surface area (Å²) in [6, 6.07) is 0. The minimum atomic E-state index is -0.163. The fraction of sp³-hybridized carbons (Fsp3) is 0.900. The summed E-state index contributed by atoms with van der Waals surface area (Å²) < 4.78 is 5.23. The number of ether oxygens (including phenoxy) is 1. The van der Waals surface area contributed by atoms with E-state index in [0.29, 0.717) is 5.92 Å². The summed E-state index contributed by atoms with van der Waals surface area (Å²) >= 11 is 0. The number of fused-ring (bicyclic) bond motifs is 1. The smallest absolute Gasteiger partial charge is 0.304 e. The Labute approximate surface area is 78.8 Å². The van der Waals surface area contributed by atoms with Crippen LogP contribution in [0.5, 0.6) is 0 Å². The molecule has 2 fully saturated rings. The maximum absolute atomic E-state index is 10.8. The largest absolute Gasteiger partial charge is 0.446 e. The average molecular weight is 183 g/mol. The van der Waals surface area contributed by atoms with E-state index in [4.69, 9.17) is 4.74 Å². The van der Waals surface area contributed by atoms with Gasteiger partial charge in [0.15, 0.2) is 6.23 Å². The van der Waals surface area contributed by atoms with Crippen LogP contribution in [0.4, 0.5) is 0 Å². The quantitative estimate of drug-likeness (QED) is 0.622. The lowest BCUT2D eigenvalue weighted by atomic mass is 9.81. The highest BCUT2D eigenvalue weighted by atomic mass is 16.6. The molecule has 0 radical (unpaired) electrons. The number of rotatable bonds is 1. The van der Waals surface area contributed by atoms with Crippen LogP contribution in [0.1, 0.15) is 32.6 Å². The number of carbonyl (C=O) groups excluding carboxylic acids is 1. The second kappa shape index (κ2) is 3.66. The van der Waals surface area contributed by atoms with Gasteiger partial charge in [-0.2, -0.15) is 0 Å². The van der Waals surface area contributed by atoms with Gasteiger partial charge in [0.1, 0.15) is 0 Å². The van der Waals surface area contributed by atoms with Gasteiger partial charge in [-0.05, 0) is 18.8 Å². The van der Waals surface area contributed by atoms with Crippen LogP contribution in [0.25, 0.3) is 0 Å². The molecule has 0 bridgehead atoms. The van der Waals surface area contributed by atoms with Crippen molar-refractivity contribution in [1.82, 2.24) is 5.32 Å². The second-order valence-electron chi connectivity index (χ2n) is 4.15. The highest BCUT2D eigenvalue weighted by Gasteiger charge is 2.38. The first-order valence-corrected chi connectivity index (χ1v) is 5.18. The van der Waals surface area contributed by atoms with E-state index in [-0.39, 0.29) is 12.2 Å². The van der Waals surface area contributed by atoms with Gasteiger partial charge in [-0.3, -0.25) is 10.1 Å². The van der Waals surface area contributed by atoms with E-state index in [1.54, 1.807) is 0 Å². The van der Waals surface area contributed by atoms with Crippen molar-refractivity contribution in [3.63, 3.8) is 0 Å². The molecule has 2 rings (SSSR count).